The minimum absolute atomic E-state index is 0.0379. The van der Waals surface area contributed by atoms with Gasteiger partial charge in [0, 0.05) is 38.0 Å². The molecule has 49 heavy (non-hydrogen) atoms. The summed E-state index contributed by atoms with van der Waals surface area (Å²) in [6.45, 7) is 11.3. The molecule has 268 valence electrons. The highest BCUT2D eigenvalue weighted by atomic mass is 32.2. The summed E-state index contributed by atoms with van der Waals surface area (Å²) in [4.78, 5) is 52.4. The predicted molar refractivity (Wildman–Crippen MR) is 183 cm³/mol. The number of benzene rings is 2. The molecule has 0 saturated carbocycles. The summed E-state index contributed by atoms with van der Waals surface area (Å²) in [7, 11) is -4.21. The van der Waals surface area contributed by atoms with Gasteiger partial charge in [0.25, 0.3) is 10.2 Å². The summed E-state index contributed by atoms with van der Waals surface area (Å²) in [6, 6.07) is 18.1. The quantitative estimate of drug-likeness (QED) is 0.102. The number of ether oxygens (including phenoxy) is 3. The van der Waals surface area contributed by atoms with Crippen LogP contribution in [0.1, 0.15) is 64.7 Å². The average Bonchev–Trinajstić information content (AvgIpc) is 3.42. The monoisotopic (exact) mass is 700 g/mol. The second-order valence-electron chi connectivity index (χ2n) is 13.0. The first-order valence-electron chi connectivity index (χ1n) is 16.2. The van der Waals surface area contributed by atoms with Crippen LogP contribution in [0.4, 0.5) is 4.79 Å². The lowest BCUT2D eigenvalue weighted by atomic mass is 9.83. The second-order valence-corrected chi connectivity index (χ2v) is 14.8. The SMILES string of the molecule is C=CC[C@H]1CN(S(=O)(=O)NCCNC(=O)OC(C)(C)C)C[C@@]1(NC(=O)[C@H](C)CC(=O)OCc1ccccc1)C(=O)O[C@H](C)c1ccccc1. The Kier molecular flexibility index (Phi) is 13.9. The molecule has 0 spiro atoms. The van der Waals surface area contributed by atoms with Crippen LogP contribution in [-0.2, 0) is 45.4 Å². The Hall–Kier alpha value is -4.27. The minimum atomic E-state index is -4.21. The summed E-state index contributed by atoms with van der Waals surface area (Å²) in [5.74, 6) is -3.77. The van der Waals surface area contributed by atoms with Crippen molar-refractivity contribution in [2.24, 2.45) is 11.8 Å². The van der Waals surface area contributed by atoms with Crippen LogP contribution < -0.4 is 15.4 Å². The maximum absolute atomic E-state index is 14.1. The van der Waals surface area contributed by atoms with E-state index in [1.54, 1.807) is 64.1 Å². The first-order chi connectivity index (χ1) is 23.1. The summed E-state index contributed by atoms with van der Waals surface area (Å²) < 4.78 is 46.9. The smallest absolute Gasteiger partial charge is 0.407 e. The van der Waals surface area contributed by atoms with Gasteiger partial charge in [-0.05, 0) is 45.2 Å². The molecule has 14 heteroatoms. The number of allylic oxidation sites excluding steroid dienone is 1. The van der Waals surface area contributed by atoms with Crippen molar-refractivity contribution >= 4 is 34.1 Å². The van der Waals surface area contributed by atoms with Gasteiger partial charge in [-0.2, -0.15) is 12.7 Å². The van der Waals surface area contributed by atoms with Gasteiger partial charge >= 0.3 is 18.0 Å². The molecule has 4 atom stereocenters. The number of hydrogen-bond donors (Lipinski definition) is 3. The van der Waals surface area contributed by atoms with E-state index in [-0.39, 0.29) is 39.1 Å². The third-order valence-electron chi connectivity index (χ3n) is 7.84. The van der Waals surface area contributed by atoms with E-state index in [4.69, 9.17) is 14.2 Å². The highest BCUT2D eigenvalue weighted by molar-refractivity contribution is 7.87. The molecule has 1 saturated heterocycles. The van der Waals surface area contributed by atoms with Crippen molar-refractivity contribution in [3.8, 4) is 0 Å². The maximum Gasteiger partial charge on any atom is 0.407 e. The lowest BCUT2D eigenvalue weighted by Gasteiger charge is -2.35. The number of amides is 2. The minimum Gasteiger partial charge on any atom is -0.461 e. The van der Waals surface area contributed by atoms with Crippen molar-refractivity contribution in [1.29, 1.82) is 0 Å². The van der Waals surface area contributed by atoms with E-state index >= 15 is 0 Å². The lowest BCUT2D eigenvalue weighted by molar-refractivity contribution is -0.160. The van der Waals surface area contributed by atoms with Gasteiger partial charge in [0.05, 0.1) is 6.42 Å². The third-order valence-corrected chi connectivity index (χ3v) is 9.37. The summed E-state index contributed by atoms with van der Waals surface area (Å²) in [5.41, 5.74) is -1.05. The van der Waals surface area contributed by atoms with E-state index in [9.17, 15) is 27.6 Å². The number of carbonyl (C=O) groups is 4. The van der Waals surface area contributed by atoms with Crippen LogP contribution in [0.25, 0.3) is 0 Å². The predicted octanol–water partition coefficient (Wildman–Crippen LogP) is 3.78. The Morgan fingerprint density at radius 3 is 2.27 bits per heavy atom. The van der Waals surface area contributed by atoms with Gasteiger partial charge in [0.2, 0.25) is 5.91 Å². The molecule has 2 aromatic carbocycles. The molecule has 3 N–H and O–H groups in total. The van der Waals surface area contributed by atoms with Gasteiger partial charge < -0.3 is 24.8 Å². The number of nitrogens with one attached hydrogen (secondary N) is 3. The number of alkyl carbamates (subject to hydrolysis) is 1. The van der Waals surface area contributed by atoms with Gasteiger partial charge in [-0.15, -0.1) is 6.58 Å². The Balaban J connectivity index is 1.79. The van der Waals surface area contributed by atoms with Crippen molar-refractivity contribution in [2.45, 2.75) is 71.3 Å². The topological polar surface area (TPSA) is 169 Å². The van der Waals surface area contributed by atoms with Crippen LogP contribution in [0, 0.1) is 11.8 Å². The molecule has 0 aliphatic carbocycles. The number of hydrogen-bond acceptors (Lipinski definition) is 9. The van der Waals surface area contributed by atoms with Gasteiger partial charge in [0.15, 0.2) is 5.54 Å². The number of esters is 2. The Morgan fingerprint density at radius 2 is 1.65 bits per heavy atom. The van der Waals surface area contributed by atoms with E-state index in [1.807, 2.05) is 24.3 Å². The summed E-state index contributed by atoms with van der Waals surface area (Å²) in [6.07, 6.45) is 0.00583. The van der Waals surface area contributed by atoms with Gasteiger partial charge in [-0.3, -0.25) is 9.59 Å². The van der Waals surface area contributed by atoms with Crippen molar-refractivity contribution < 1.29 is 41.8 Å². The van der Waals surface area contributed by atoms with Crippen LogP contribution in [-0.4, -0.2) is 74.0 Å². The summed E-state index contributed by atoms with van der Waals surface area (Å²) in [5, 5.41) is 5.28. The van der Waals surface area contributed by atoms with E-state index in [0.29, 0.717) is 5.56 Å². The standard InChI is InChI=1S/C35H48N4O9S/c1-7-14-29-22-39(49(44,45)37-20-19-36-33(43)48-34(4,5)6)24-35(29,32(42)47-26(3)28-17-12-9-13-18-28)38-31(41)25(2)21-30(40)46-23-27-15-10-8-11-16-27/h7-13,15-18,25-26,29,37H,1,14,19-24H2,2-6H3,(H,36,43)(H,38,41)/t25-,26-,29+,35+/m1/s1. The fourth-order valence-electron chi connectivity index (χ4n) is 5.25. The molecule has 3 rings (SSSR count). The number of rotatable bonds is 16. The molecule has 0 radical (unpaired) electrons. The Labute approximate surface area is 288 Å². The molecule has 1 fully saturated rings. The van der Waals surface area contributed by atoms with Crippen LogP contribution in [0.3, 0.4) is 0 Å². The third kappa shape index (κ3) is 11.7. The molecule has 13 nitrogen and oxygen atoms in total. The van der Waals surface area contributed by atoms with E-state index in [0.717, 1.165) is 9.87 Å². The van der Waals surface area contributed by atoms with Crippen LogP contribution in [0.2, 0.25) is 0 Å². The van der Waals surface area contributed by atoms with E-state index < -0.39 is 69.8 Å². The molecule has 0 aromatic heterocycles. The van der Waals surface area contributed by atoms with Crippen molar-refractivity contribution in [3.63, 3.8) is 0 Å². The van der Waals surface area contributed by atoms with Gasteiger partial charge in [-0.25, -0.2) is 14.3 Å². The fraction of sp³-hybridized carbons (Fsp3) is 0.486. The zero-order valence-electron chi connectivity index (χ0n) is 28.8. The second kappa shape index (κ2) is 17.4. The zero-order chi connectivity index (χ0) is 36.2. The van der Waals surface area contributed by atoms with Crippen LogP contribution in [0.15, 0.2) is 73.3 Å². The molecule has 1 heterocycles. The molecule has 0 bridgehead atoms. The summed E-state index contributed by atoms with van der Waals surface area (Å²) >= 11 is 0. The molecular formula is C35H48N4O9S. The molecule has 2 amide bonds. The van der Waals surface area contributed by atoms with Gasteiger partial charge in [-0.1, -0.05) is 73.7 Å². The molecule has 1 aliphatic heterocycles. The molecular weight excluding hydrogens is 652 g/mol. The van der Waals surface area contributed by atoms with Crippen molar-refractivity contribution in [2.75, 3.05) is 26.2 Å². The first-order valence-corrected chi connectivity index (χ1v) is 17.6. The van der Waals surface area contributed by atoms with E-state index in [1.165, 1.54) is 13.0 Å². The normalized spacial score (nSPS) is 19.2. The lowest BCUT2D eigenvalue weighted by Crippen LogP contribution is -2.62. The van der Waals surface area contributed by atoms with Crippen molar-refractivity contribution in [1.82, 2.24) is 19.7 Å². The zero-order valence-corrected chi connectivity index (χ0v) is 29.6. The van der Waals surface area contributed by atoms with E-state index in [2.05, 4.69) is 21.9 Å². The van der Waals surface area contributed by atoms with Crippen LogP contribution in [0.5, 0.6) is 0 Å². The highest BCUT2D eigenvalue weighted by Gasteiger charge is 2.57. The first kappa shape index (κ1) is 39.2. The Morgan fingerprint density at radius 1 is 1.02 bits per heavy atom. The number of nitrogens with zero attached hydrogens (tertiary/aromatic N) is 1. The Bertz CT molecular complexity index is 1550. The average molecular weight is 701 g/mol. The number of carbonyl (C=O) groups excluding carboxylic acids is 4. The highest BCUT2D eigenvalue weighted by Crippen LogP contribution is 2.35. The maximum atomic E-state index is 14.1. The van der Waals surface area contributed by atoms with Crippen LogP contribution >= 0.6 is 0 Å². The largest absolute Gasteiger partial charge is 0.461 e. The van der Waals surface area contributed by atoms with Crippen molar-refractivity contribution in [3.05, 3.63) is 84.4 Å². The fourth-order valence-corrected chi connectivity index (χ4v) is 6.54. The molecule has 0 unspecified atom stereocenters. The van der Waals surface area contributed by atoms with Gasteiger partial charge in [0.1, 0.15) is 18.3 Å². The molecule has 2 aromatic rings. The molecule has 1 aliphatic rings.